The Balaban J connectivity index is 1.39. The molecule has 0 bridgehead atoms. The van der Waals surface area contributed by atoms with E-state index in [-0.39, 0.29) is 11.9 Å². The fraction of sp³-hybridized carbons (Fsp3) is 0.148. The topological polar surface area (TPSA) is 106 Å². The van der Waals surface area contributed by atoms with E-state index >= 15 is 0 Å². The molecule has 184 valence electrons. The van der Waals surface area contributed by atoms with Gasteiger partial charge < -0.3 is 15.0 Å². The molecule has 0 saturated carbocycles. The first-order valence-corrected chi connectivity index (χ1v) is 11.9. The van der Waals surface area contributed by atoms with Crippen molar-refractivity contribution in [2.24, 2.45) is 0 Å². The standard InChI is InChI=1S/C27H23FN8O/c28-19-9-10-20-22(14-19)36(23-8-4-5-12-29-23)27(35-20)21(11-13-37-15-18-6-2-1-3-7-18)34-26-24-25(31-16-30-24)32-17-33-26/h1-10,12,14,16-17,21H,11,13,15H2,(H2,30,31,32,33,34)/t21-/m0/s1. The van der Waals surface area contributed by atoms with E-state index in [0.717, 1.165) is 5.56 Å². The number of nitrogens with one attached hydrogen (secondary N) is 2. The van der Waals surface area contributed by atoms with Crippen LogP contribution in [0, 0.1) is 5.82 Å². The minimum absolute atomic E-state index is 0.346. The van der Waals surface area contributed by atoms with E-state index in [1.165, 1.54) is 18.5 Å². The highest BCUT2D eigenvalue weighted by atomic mass is 19.1. The van der Waals surface area contributed by atoms with Crippen molar-refractivity contribution in [2.45, 2.75) is 19.1 Å². The summed E-state index contributed by atoms with van der Waals surface area (Å²) in [6.45, 7) is 0.942. The molecule has 0 amide bonds. The van der Waals surface area contributed by atoms with Crippen LogP contribution in [-0.2, 0) is 11.3 Å². The molecule has 4 aromatic heterocycles. The average Bonchev–Trinajstić information content (AvgIpc) is 3.57. The normalized spacial score (nSPS) is 12.2. The molecule has 10 heteroatoms. The first-order chi connectivity index (χ1) is 18.3. The lowest BCUT2D eigenvalue weighted by Crippen LogP contribution is -2.19. The van der Waals surface area contributed by atoms with Gasteiger partial charge in [-0.2, -0.15) is 0 Å². The number of rotatable bonds is 9. The van der Waals surface area contributed by atoms with Crippen molar-refractivity contribution in [2.75, 3.05) is 11.9 Å². The van der Waals surface area contributed by atoms with Crippen LogP contribution in [0.15, 0.2) is 85.6 Å². The molecule has 2 aromatic carbocycles. The van der Waals surface area contributed by atoms with Crippen molar-refractivity contribution in [3.05, 3.63) is 103 Å². The summed E-state index contributed by atoms with van der Waals surface area (Å²) in [7, 11) is 0. The van der Waals surface area contributed by atoms with E-state index in [0.29, 0.717) is 59.3 Å². The van der Waals surface area contributed by atoms with Gasteiger partial charge in [-0.25, -0.2) is 29.3 Å². The summed E-state index contributed by atoms with van der Waals surface area (Å²) >= 11 is 0. The molecule has 0 aliphatic rings. The molecule has 2 N–H and O–H groups in total. The Bertz CT molecular complexity index is 1630. The van der Waals surface area contributed by atoms with Crippen LogP contribution in [0.3, 0.4) is 0 Å². The number of hydrogen-bond donors (Lipinski definition) is 2. The second-order valence-electron chi connectivity index (χ2n) is 8.47. The van der Waals surface area contributed by atoms with Gasteiger partial charge in [-0.05, 0) is 36.2 Å². The van der Waals surface area contributed by atoms with Crippen molar-refractivity contribution < 1.29 is 9.13 Å². The van der Waals surface area contributed by atoms with Crippen LogP contribution in [0.2, 0.25) is 0 Å². The molecular weight excluding hydrogens is 471 g/mol. The molecule has 6 rings (SSSR count). The zero-order valence-corrected chi connectivity index (χ0v) is 19.8. The Kier molecular flexibility index (Phi) is 6.22. The van der Waals surface area contributed by atoms with Crippen LogP contribution < -0.4 is 5.32 Å². The molecule has 0 spiro atoms. The summed E-state index contributed by atoms with van der Waals surface area (Å²) in [5.41, 5.74) is 3.62. The van der Waals surface area contributed by atoms with Crippen molar-refractivity contribution in [3.8, 4) is 5.82 Å². The fourth-order valence-corrected chi connectivity index (χ4v) is 4.30. The molecule has 6 aromatic rings. The Hall–Kier alpha value is -4.70. The zero-order chi connectivity index (χ0) is 25.0. The fourth-order valence-electron chi connectivity index (χ4n) is 4.30. The van der Waals surface area contributed by atoms with E-state index in [9.17, 15) is 4.39 Å². The summed E-state index contributed by atoms with van der Waals surface area (Å²) < 4.78 is 22.2. The summed E-state index contributed by atoms with van der Waals surface area (Å²) in [6.07, 6.45) is 5.30. The van der Waals surface area contributed by atoms with Gasteiger partial charge >= 0.3 is 0 Å². The van der Waals surface area contributed by atoms with Gasteiger partial charge in [0.05, 0.1) is 30.0 Å². The van der Waals surface area contributed by atoms with Crippen LogP contribution in [0.5, 0.6) is 0 Å². The molecule has 0 aliphatic carbocycles. The van der Waals surface area contributed by atoms with Gasteiger partial charge in [-0.3, -0.25) is 4.57 Å². The number of H-pyrrole nitrogens is 1. The molecule has 9 nitrogen and oxygen atoms in total. The lowest BCUT2D eigenvalue weighted by atomic mass is 10.2. The lowest BCUT2D eigenvalue weighted by Gasteiger charge is -2.20. The molecule has 0 saturated heterocycles. The lowest BCUT2D eigenvalue weighted by molar-refractivity contribution is 0.115. The van der Waals surface area contributed by atoms with Crippen LogP contribution in [0.4, 0.5) is 10.2 Å². The number of halogens is 1. The monoisotopic (exact) mass is 494 g/mol. The SMILES string of the molecule is Fc1ccc2nc([C@H](CCOCc3ccccc3)Nc3ncnc4nc[nH]c34)n(-c3ccccn3)c2c1. The van der Waals surface area contributed by atoms with E-state index in [1.54, 1.807) is 18.6 Å². The Labute approximate surface area is 211 Å². The maximum Gasteiger partial charge on any atom is 0.182 e. The van der Waals surface area contributed by atoms with Gasteiger partial charge in [0.25, 0.3) is 0 Å². The quantitative estimate of drug-likeness (QED) is 0.273. The molecule has 0 aliphatic heterocycles. The maximum atomic E-state index is 14.3. The highest BCUT2D eigenvalue weighted by Crippen LogP contribution is 2.30. The first kappa shape index (κ1) is 22.7. The number of benzene rings is 2. The number of aromatic amines is 1. The third-order valence-corrected chi connectivity index (χ3v) is 6.03. The smallest absolute Gasteiger partial charge is 0.182 e. The summed E-state index contributed by atoms with van der Waals surface area (Å²) in [5.74, 6) is 1.54. The summed E-state index contributed by atoms with van der Waals surface area (Å²) in [5, 5.41) is 3.50. The molecule has 0 unspecified atom stereocenters. The summed E-state index contributed by atoms with van der Waals surface area (Å²) in [6, 6.07) is 19.8. The number of pyridine rings is 1. The van der Waals surface area contributed by atoms with E-state index in [1.807, 2.05) is 53.1 Å². The van der Waals surface area contributed by atoms with Gasteiger partial charge in [0, 0.05) is 18.9 Å². The average molecular weight is 495 g/mol. The van der Waals surface area contributed by atoms with Crippen LogP contribution in [0.25, 0.3) is 28.0 Å². The number of hydrogen-bond acceptors (Lipinski definition) is 7. The maximum absolute atomic E-state index is 14.3. The Morgan fingerprint density at radius 1 is 0.973 bits per heavy atom. The van der Waals surface area contributed by atoms with Gasteiger partial charge in [-0.15, -0.1) is 0 Å². The molecule has 4 heterocycles. The number of fused-ring (bicyclic) bond motifs is 2. The Morgan fingerprint density at radius 2 is 1.86 bits per heavy atom. The second-order valence-corrected chi connectivity index (χ2v) is 8.47. The van der Waals surface area contributed by atoms with E-state index in [2.05, 4.69) is 30.2 Å². The van der Waals surface area contributed by atoms with Gasteiger partial charge in [0.2, 0.25) is 0 Å². The molecule has 0 fully saturated rings. The molecule has 37 heavy (non-hydrogen) atoms. The number of nitrogens with zero attached hydrogens (tertiary/aromatic N) is 6. The van der Waals surface area contributed by atoms with Crippen molar-refractivity contribution in [1.82, 2.24) is 34.5 Å². The van der Waals surface area contributed by atoms with Gasteiger partial charge in [0.1, 0.15) is 29.3 Å². The molecule has 0 radical (unpaired) electrons. The van der Waals surface area contributed by atoms with Crippen molar-refractivity contribution >= 4 is 28.0 Å². The highest BCUT2D eigenvalue weighted by molar-refractivity contribution is 5.82. The van der Waals surface area contributed by atoms with Crippen LogP contribution in [-0.4, -0.2) is 41.1 Å². The minimum Gasteiger partial charge on any atom is -0.377 e. The zero-order valence-electron chi connectivity index (χ0n) is 19.8. The third kappa shape index (κ3) is 4.74. The largest absolute Gasteiger partial charge is 0.377 e. The minimum atomic E-state index is -0.352. The molecule has 1 atom stereocenters. The van der Waals surface area contributed by atoms with Gasteiger partial charge in [-0.1, -0.05) is 36.4 Å². The Morgan fingerprint density at radius 3 is 2.73 bits per heavy atom. The number of ether oxygens (including phenoxy) is 1. The van der Waals surface area contributed by atoms with Gasteiger partial charge in [0.15, 0.2) is 11.5 Å². The molecular formula is C27H23FN8O. The van der Waals surface area contributed by atoms with Crippen LogP contribution in [0.1, 0.15) is 23.9 Å². The third-order valence-electron chi connectivity index (χ3n) is 6.03. The number of aromatic nitrogens is 7. The summed E-state index contributed by atoms with van der Waals surface area (Å²) in [4.78, 5) is 25.4. The van der Waals surface area contributed by atoms with E-state index < -0.39 is 0 Å². The predicted octanol–water partition coefficient (Wildman–Crippen LogP) is 4.99. The number of anilines is 1. The van der Waals surface area contributed by atoms with Crippen LogP contribution >= 0.6 is 0 Å². The van der Waals surface area contributed by atoms with Crippen molar-refractivity contribution in [3.63, 3.8) is 0 Å². The predicted molar refractivity (Wildman–Crippen MR) is 138 cm³/mol. The van der Waals surface area contributed by atoms with Crippen molar-refractivity contribution in [1.29, 1.82) is 0 Å². The van der Waals surface area contributed by atoms with E-state index in [4.69, 9.17) is 9.72 Å². The first-order valence-electron chi connectivity index (χ1n) is 11.9. The highest BCUT2D eigenvalue weighted by Gasteiger charge is 2.24. The second kappa shape index (κ2) is 10.1. The number of imidazole rings is 2.